The zero-order chi connectivity index (χ0) is 11.1. The molecule has 0 atom stereocenters. The standard InChI is InChI=1S/C12H18FNS/c1-10-6-11(4-2-3-5-14)8-12(7-10)15-9-13/h6-8H,2-5,9,14H2,1H3. The molecule has 0 saturated heterocycles. The number of aryl methyl sites for hydroxylation is 2. The van der Waals surface area contributed by atoms with Crippen LogP contribution in [0.1, 0.15) is 24.0 Å². The molecule has 1 aromatic rings. The van der Waals surface area contributed by atoms with Crippen molar-refractivity contribution >= 4 is 11.8 Å². The highest BCUT2D eigenvalue weighted by atomic mass is 32.2. The maximum absolute atomic E-state index is 12.2. The van der Waals surface area contributed by atoms with E-state index in [1.165, 1.54) is 22.9 Å². The Hall–Kier alpha value is -0.540. The molecule has 0 saturated carbocycles. The van der Waals surface area contributed by atoms with E-state index in [0.29, 0.717) is 0 Å². The molecule has 1 aromatic carbocycles. The van der Waals surface area contributed by atoms with E-state index in [9.17, 15) is 4.39 Å². The number of alkyl halides is 1. The second kappa shape index (κ2) is 6.85. The summed E-state index contributed by atoms with van der Waals surface area (Å²) in [7, 11) is 0. The Bertz CT molecular complexity index is 302. The zero-order valence-corrected chi connectivity index (χ0v) is 9.95. The minimum atomic E-state index is -0.355. The van der Waals surface area contributed by atoms with Crippen LogP contribution in [-0.4, -0.2) is 12.6 Å². The molecule has 0 bridgehead atoms. The molecular weight excluding hydrogens is 209 g/mol. The maximum atomic E-state index is 12.2. The Morgan fingerprint density at radius 2 is 2.07 bits per heavy atom. The molecule has 84 valence electrons. The third kappa shape index (κ3) is 4.67. The molecule has 2 N–H and O–H groups in total. The first kappa shape index (κ1) is 12.5. The normalized spacial score (nSPS) is 10.6. The number of benzene rings is 1. The van der Waals surface area contributed by atoms with Crippen molar-refractivity contribution in [1.29, 1.82) is 0 Å². The van der Waals surface area contributed by atoms with E-state index >= 15 is 0 Å². The minimum absolute atomic E-state index is 0.355. The average Bonchev–Trinajstić information content (AvgIpc) is 2.18. The van der Waals surface area contributed by atoms with Crippen molar-refractivity contribution in [3.8, 4) is 0 Å². The van der Waals surface area contributed by atoms with Gasteiger partial charge in [-0.2, -0.15) is 0 Å². The van der Waals surface area contributed by atoms with Crippen LogP contribution in [0.5, 0.6) is 0 Å². The fourth-order valence-corrected chi connectivity index (χ4v) is 2.22. The summed E-state index contributed by atoms with van der Waals surface area (Å²) in [4.78, 5) is 1.03. The van der Waals surface area contributed by atoms with Crippen LogP contribution in [-0.2, 0) is 6.42 Å². The molecule has 0 aliphatic carbocycles. The van der Waals surface area contributed by atoms with Crippen LogP contribution in [0, 0.1) is 6.92 Å². The van der Waals surface area contributed by atoms with Gasteiger partial charge in [-0.15, -0.1) is 0 Å². The van der Waals surface area contributed by atoms with E-state index in [1.807, 2.05) is 6.07 Å². The van der Waals surface area contributed by atoms with Gasteiger partial charge in [0.2, 0.25) is 0 Å². The molecular formula is C12H18FNS. The molecule has 1 rings (SSSR count). The highest BCUT2D eigenvalue weighted by Crippen LogP contribution is 2.22. The molecule has 0 aliphatic heterocycles. The lowest BCUT2D eigenvalue weighted by Gasteiger charge is -2.05. The van der Waals surface area contributed by atoms with Crippen LogP contribution in [0.15, 0.2) is 23.1 Å². The summed E-state index contributed by atoms with van der Waals surface area (Å²) in [5.41, 5.74) is 7.94. The van der Waals surface area contributed by atoms with Gasteiger partial charge in [-0.25, -0.2) is 4.39 Å². The van der Waals surface area contributed by atoms with Crippen molar-refractivity contribution in [3.63, 3.8) is 0 Å². The first-order valence-corrected chi connectivity index (χ1v) is 6.24. The summed E-state index contributed by atoms with van der Waals surface area (Å²) in [6, 6.07) is 5.91. The topological polar surface area (TPSA) is 26.0 Å². The second-order valence-corrected chi connectivity index (χ2v) is 4.63. The van der Waals surface area contributed by atoms with Crippen molar-refractivity contribution in [2.75, 3.05) is 12.6 Å². The van der Waals surface area contributed by atoms with Gasteiger partial charge in [0.1, 0.15) is 6.01 Å². The third-order valence-electron chi connectivity index (χ3n) is 2.25. The Balaban J connectivity index is 2.62. The van der Waals surface area contributed by atoms with Crippen molar-refractivity contribution in [3.05, 3.63) is 29.3 Å². The maximum Gasteiger partial charge on any atom is 0.139 e. The van der Waals surface area contributed by atoms with E-state index in [0.717, 1.165) is 30.7 Å². The number of hydrogen-bond acceptors (Lipinski definition) is 2. The van der Waals surface area contributed by atoms with Crippen LogP contribution in [0.2, 0.25) is 0 Å². The van der Waals surface area contributed by atoms with E-state index in [4.69, 9.17) is 5.73 Å². The van der Waals surface area contributed by atoms with E-state index in [2.05, 4.69) is 19.1 Å². The van der Waals surface area contributed by atoms with Crippen LogP contribution < -0.4 is 5.73 Å². The molecule has 0 aromatic heterocycles. The molecule has 0 fully saturated rings. The predicted octanol–water partition coefficient (Wildman–Crippen LogP) is 3.30. The molecule has 0 unspecified atom stereocenters. The lowest BCUT2D eigenvalue weighted by atomic mass is 10.1. The summed E-state index contributed by atoms with van der Waals surface area (Å²) in [6.07, 6.45) is 3.21. The zero-order valence-electron chi connectivity index (χ0n) is 9.13. The van der Waals surface area contributed by atoms with Crippen molar-refractivity contribution in [2.24, 2.45) is 5.73 Å². The first-order chi connectivity index (χ1) is 7.26. The summed E-state index contributed by atoms with van der Waals surface area (Å²) >= 11 is 1.25. The largest absolute Gasteiger partial charge is 0.330 e. The summed E-state index contributed by atoms with van der Waals surface area (Å²) in [5, 5.41) is 0. The summed E-state index contributed by atoms with van der Waals surface area (Å²) < 4.78 is 12.2. The van der Waals surface area contributed by atoms with Gasteiger partial charge >= 0.3 is 0 Å². The molecule has 0 aliphatic rings. The Kier molecular flexibility index (Phi) is 5.73. The summed E-state index contributed by atoms with van der Waals surface area (Å²) in [5.74, 6) is 0. The van der Waals surface area contributed by atoms with Gasteiger partial charge in [-0.1, -0.05) is 17.8 Å². The van der Waals surface area contributed by atoms with Crippen LogP contribution in [0.3, 0.4) is 0 Å². The molecule has 0 spiro atoms. The Labute approximate surface area is 95.2 Å². The first-order valence-electron chi connectivity index (χ1n) is 5.25. The van der Waals surface area contributed by atoms with E-state index < -0.39 is 0 Å². The monoisotopic (exact) mass is 227 g/mol. The van der Waals surface area contributed by atoms with Crippen LogP contribution in [0.4, 0.5) is 4.39 Å². The number of rotatable bonds is 6. The van der Waals surface area contributed by atoms with Gasteiger partial charge in [0.15, 0.2) is 0 Å². The Morgan fingerprint density at radius 3 is 2.73 bits per heavy atom. The highest BCUT2D eigenvalue weighted by molar-refractivity contribution is 7.99. The summed E-state index contributed by atoms with van der Waals surface area (Å²) in [6.45, 7) is 2.80. The molecule has 0 heterocycles. The predicted molar refractivity (Wildman–Crippen MR) is 65.0 cm³/mol. The fraction of sp³-hybridized carbons (Fsp3) is 0.500. The lowest BCUT2D eigenvalue weighted by molar-refractivity contribution is 0.605. The molecule has 0 amide bonds. The molecule has 1 nitrogen and oxygen atoms in total. The quantitative estimate of drug-likeness (QED) is 0.596. The molecule has 15 heavy (non-hydrogen) atoms. The Morgan fingerprint density at radius 1 is 1.27 bits per heavy atom. The number of halogens is 1. The van der Waals surface area contributed by atoms with Crippen molar-refractivity contribution in [2.45, 2.75) is 31.1 Å². The van der Waals surface area contributed by atoms with Gasteiger partial charge in [0.05, 0.1) is 0 Å². The highest BCUT2D eigenvalue weighted by Gasteiger charge is 1.99. The van der Waals surface area contributed by atoms with Gasteiger partial charge in [0, 0.05) is 4.90 Å². The number of nitrogens with two attached hydrogens (primary N) is 1. The van der Waals surface area contributed by atoms with Crippen molar-refractivity contribution < 1.29 is 4.39 Å². The number of hydrogen-bond donors (Lipinski definition) is 1. The minimum Gasteiger partial charge on any atom is -0.330 e. The van der Waals surface area contributed by atoms with Gasteiger partial charge in [-0.3, -0.25) is 0 Å². The number of thioether (sulfide) groups is 1. The molecule has 0 radical (unpaired) electrons. The average molecular weight is 227 g/mol. The van der Waals surface area contributed by atoms with Crippen molar-refractivity contribution in [1.82, 2.24) is 0 Å². The smallest absolute Gasteiger partial charge is 0.139 e. The van der Waals surface area contributed by atoms with E-state index in [-0.39, 0.29) is 6.01 Å². The molecule has 3 heteroatoms. The second-order valence-electron chi connectivity index (χ2n) is 3.65. The van der Waals surface area contributed by atoms with Gasteiger partial charge in [-0.05, 0) is 56.0 Å². The SMILES string of the molecule is Cc1cc(CCCCN)cc(SCF)c1. The lowest BCUT2D eigenvalue weighted by Crippen LogP contribution is -1.99. The van der Waals surface area contributed by atoms with Gasteiger partial charge < -0.3 is 5.73 Å². The third-order valence-corrected chi connectivity index (χ3v) is 2.93. The van der Waals surface area contributed by atoms with Crippen LogP contribution in [0.25, 0.3) is 0 Å². The van der Waals surface area contributed by atoms with Gasteiger partial charge in [0.25, 0.3) is 0 Å². The fourth-order valence-electron chi connectivity index (χ4n) is 1.59. The number of unbranched alkanes of at least 4 members (excludes halogenated alkanes) is 1. The van der Waals surface area contributed by atoms with Crippen LogP contribution >= 0.6 is 11.8 Å². The van der Waals surface area contributed by atoms with E-state index in [1.54, 1.807) is 0 Å².